The van der Waals surface area contributed by atoms with Crippen LogP contribution in [0.3, 0.4) is 0 Å². The Kier molecular flexibility index (Phi) is 4.10. The molecule has 2 aromatic rings. The Morgan fingerprint density at radius 2 is 2.05 bits per heavy atom. The molecule has 0 heterocycles. The molecule has 3 N–H and O–H groups in total. The van der Waals surface area contributed by atoms with Crippen LogP contribution < -0.4 is 15.8 Å². The van der Waals surface area contributed by atoms with Crippen molar-refractivity contribution < 1.29 is 13.9 Å². The quantitative estimate of drug-likeness (QED) is 0.854. The first kappa shape index (κ1) is 14.1. The normalized spacial score (nSPS) is 10.2. The summed E-state index contributed by atoms with van der Waals surface area (Å²) in [5, 5.41) is 2.98. The Morgan fingerprint density at radius 1 is 1.30 bits per heavy atom. The van der Waals surface area contributed by atoms with Crippen molar-refractivity contribution in [2.75, 3.05) is 18.2 Å². The number of methoxy groups -OCH3 is 1. The molecule has 4 nitrogen and oxygen atoms in total. The number of nitrogen functional groups attached to an aromatic ring is 1. The lowest BCUT2D eigenvalue weighted by molar-refractivity contribution is 0.102. The van der Waals surface area contributed by atoms with Crippen molar-refractivity contribution in [1.29, 1.82) is 0 Å². The second-order valence-electron chi connectivity index (χ2n) is 4.07. The van der Waals surface area contributed by atoms with Gasteiger partial charge in [-0.15, -0.1) is 0 Å². The molecule has 20 heavy (non-hydrogen) atoms. The standard InChI is InChI=1S/C14H12ClFN2O2/c1-20-13-7-10(16)2-3-12(13)18-14(19)8-4-9(15)6-11(17)5-8/h2-7H,17H2,1H3,(H,18,19). The molecule has 104 valence electrons. The van der Waals surface area contributed by atoms with Gasteiger partial charge in [0.05, 0.1) is 12.8 Å². The average Bonchev–Trinajstić information content (AvgIpc) is 2.39. The molecular weight excluding hydrogens is 283 g/mol. The number of rotatable bonds is 3. The Balaban J connectivity index is 2.27. The highest BCUT2D eigenvalue weighted by Gasteiger charge is 2.11. The second-order valence-corrected chi connectivity index (χ2v) is 4.51. The lowest BCUT2D eigenvalue weighted by Gasteiger charge is -2.10. The van der Waals surface area contributed by atoms with E-state index in [-0.39, 0.29) is 5.75 Å². The fourth-order valence-corrected chi connectivity index (χ4v) is 1.95. The number of anilines is 2. The first-order chi connectivity index (χ1) is 9.49. The molecule has 0 aliphatic rings. The number of nitrogens with one attached hydrogen (secondary N) is 1. The largest absolute Gasteiger partial charge is 0.494 e. The van der Waals surface area contributed by atoms with Gasteiger partial charge in [-0.05, 0) is 30.3 Å². The predicted molar refractivity (Wildman–Crippen MR) is 76.8 cm³/mol. The van der Waals surface area contributed by atoms with Crippen LogP contribution in [0.1, 0.15) is 10.4 Å². The first-order valence-corrected chi connectivity index (χ1v) is 6.08. The minimum Gasteiger partial charge on any atom is -0.494 e. The van der Waals surface area contributed by atoms with Gasteiger partial charge in [0, 0.05) is 22.3 Å². The van der Waals surface area contributed by atoms with Gasteiger partial charge in [-0.25, -0.2) is 4.39 Å². The number of hydrogen-bond acceptors (Lipinski definition) is 3. The van der Waals surface area contributed by atoms with Crippen molar-refractivity contribution in [3.05, 3.63) is 52.8 Å². The van der Waals surface area contributed by atoms with E-state index < -0.39 is 11.7 Å². The van der Waals surface area contributed by atoms with E-state index in [1.54, 1.807) is 0 Å². The van der Waals surface area contributed by atoms with Gasteiger partial charge in [0.1, 0.15) is 11.6 Å². The molecule has 6 heteroatoms. The number of carbonyl (C=O) groups excluding carboxylic acids is 1. The molecule has 0 radical (unpaired) electrons. The third kappa shape index (κ3) is 3.19. The third-order valence-electron chi connectivity index (χ3n) is 2.59. The Bertz CT molecular complexity index is 641. The topological polar surface area (TPSA) is 64.3 Å². The van der Waals surface area contributed by atoms with Gasteiger partial charge in [-0.2, -0.15) is 0 Å². The zero-order valence-electron chi connectivity index (χ0n) is 10.6. The number of nitrogens with two attached hydrogens (primary N) is 1. The number of benzene rings is 2. The summed E-state index contributed by atoms with van der Waals surface area (Å²) in [6, 6.07) is 8.35. The fraction of sp³-hybridized carbons (Fsp3) is 0.0714. The first-order valence-electron chi connectivity index (χ1n) is 5.70. The van der Waals surface area contributed by atoms with E-state index in [4.69, 9.17) is 22.1 Å². The third-order valence-corrected chi connectivity index (χ3v) is 2.81. The molecule has 0 bridgehead atoms. The minimum absolute atomic E-state index is 0.230. The summed E-state index contributed by atoms with van der Waals surface area (Å²) in [5.41, 5.74) is 6.68. The van der Waals surface area contributed by atoms with Crippen molar-refractivity contribution in [1.82, 2.24) is 0 Å². The van der Waals surface area contributed by atoms with Crippen molar-refractivity contribution in [2.24, 2.45) is 0 Å². The molecule has 0 aliphatic carbocycles. The zero-order chi connectivity index (χ0) is 14.7. The number of hydrogen-bond donors (Lipinski definition) is 2. The Labute approximate surface area is 120 Å². The molecule has 2 rings (SSSR count). The fourth-order valence-electron chi connectivity index (χ4n) is 1.71. The van der Waals surface area contributed by atoms with E-state index in [0.29, 0.717) is 22.0 Å². The number of halogens is 2. The summed E-state index contributed by atoms with van der Waals surface area (Å²) in [5.74, 6) is -0.635. The lowest BCUT2D eigenvalue weighted by atomic mass is 10.2. The van der Waals surface area contributed by atoms with Crippen molar-refractivity contribution in [3.63, 3.8) is 0 Å². The highest BCUT2D eigenvalue weighted by atomic mass is 35.5. The summed E-state index contributed by atoms with van der Waals surface area (Å²) >= 11 is 5.84. The highest BCUT2D eigenvalue weighted by molar-refractivity contribution is 6.31. The van der Waals surface area contributed by atoms with Gasteiger partial charge in [0.15, 0.2) is 0 Å². The molecule has 0 saturated heterocycles. The van der Waals surface area contributed by atoms with Crippen molar-refractivity contribution in [3.8, 4) is 5.75 Å². The van der Waals surface area contributed by atoms with Gasteiger partial charge in [-0.1, -0.05) is 11.6 Å². The zero-order valence-corrected chi connectivity index (χ0v) is 11.4. The molecule has 0 aliphatic heterocycles. The Morgan fingerprint density at radius 3 is 2.70 bits per heavy atom. The smallest absolute Gasteiger partial charge is 0.255 e. The maximum absolute atomic E-state index is 13.1. The van der Waals surface area contributed by atoms with Gasteiger partial charge >= 0.3 is 0 Å². The number of carbonyl (C=O) groups is 1. The van der Waals surface area contributed by atoms with Gasteiger partial charge in [0.2, 0.25) is 0 Å². The second kappa shape index (κ2) is 5.79. The Hall–Kier alpha value is -2.27. The van der Waals surface area contributed by atoms with E-state index in [9.17, 15) is 9.18 Å². The van der Waals surface area contributed by atoms with Crippen LogP contribution in [0.15, 0.2) is 36.4 Å². The van der Waals surface area contributed by atoms with E-state index in [0.717, 1.165) is 0 Å². The molecule has 2 aromatic carbocycles. The van der Waals surface area contributed by atoms with Crippen LogP contribution in [0, 0.1) is 5.82 Å². The summed E-state index contributed by atoms with van der Waals surface area (Å²) in [6.07, 6.45) is 0. The van der Waals surface area contributed by atoms with Crippen LogP contribution in [0.4, 0.5) is 15.8 Å². The van der Waals surface area contributed by atoms with Crippen LogP contribution in [-0.2, 0) is 0 Å². The molecule has 0 spiro atoms. The van der Waals surface area contributed by atoms with Crippen LogP contribution in [0.25, 0.3) is 0 Å². The van der Waals surface area contributed by atoms with Crippen molar-refractivity contribution >= 4 is 28.9 Å². The van der Waals surface area contributed by atoms with E-state index in [1.165, 1.54) is 43.5 Å². The molecule has 1 amide bonds. The molecule has 0 fully saturated rings. The average molecular weight is 295 g/mol. The van der Waals surface area contributed by atoms with Gasteiger partial charge < -0.3 is 15.8 Å². The molecular formula is C14H12ClFN2O2. The summed E-state index contributed by atoms with van der Waals surface area (Å²) < 4.78 is 18.1. The molecule has 0 aromatic heterocycles. The van der Waals surface area contributed by atoms with Gasteiger partial charge in [0.25, 0.3) is 5.91 Å². The number of amides is 1. The van der Waals surface area contributed by atoms with E-state index >= 15 is 0 Å². The van der Waals surface area contributed by atoms with Gasteiger partial charge in [-0.3, -0.25) is 4.79 Å². The summed E-state index contributed by atoms with van der Waals surface area (Å²) in [6.45, 7) is 0. The maximum Gasteiger partial charge on any atom is 0.255 e. The van der Waals surface area contributed by atoms with E-state index in [2.05, 4.69) is 5.32 Å². The minimum atomic E-state index is -0.452. The molecule has 0 unspecified atom stereocenters. The molecule has 0 saturated carbocycles. The van der Waals surface area contributed by atoms with Crippen molar-refractivity contribution in [2.45, 2.75) is 0 Å². The highest BCUT2D eigenvalue weighted by Crippen LogP contribution is 2.26. The van der Waals surface area contributed by atoms with Crippen LogP contribution in [0.5, 0.6) is 5.75 Å². The summed E-state index contributed by atoms with van der Waals surface area (Å²) in [4.78, 5) is 12.1. The number of ether oxygens (including phenoxy) is 1. The van der Waals surface area contributed by atoms with Crippen LogP contribution in [0.2, 0.25) is 5.02 Å². The molecule has 0 atom stereocenters. The predicted octanol–water partition coefficient (Wildman–Crippen LogP) is 3.32. The SMILES string of the molecule is COc1cc(F)ccc1NC(=O)c1cc(N)cc(Cl)c1. The lowest BCUT2D eigenvalue weighted by Crippen LogP contribution is -2.13. The van der Waals surface area contributed by atoms with Crippen LogP contribution >= 0.6 is 11.6 Å². The van der Waals surface area contributed by atoms with E-state index in [1.807, 2.05) is 0 Å². The summed E-state index contributed by atoms with van der Waals surface area (Å²) in [7, 11) is 1.39. The van der Waals surface area contributed by atoms with Crippen LogP contribution in [-0.4, -0.2) is 13.0 Å². The monoisotopic (exact) mass is 294 g/mol. The maximum atomic E-state index is 13.1.